The summed E-state index contributed by atoms with van der Waals surface area (Å²) in [5, 5.41) is 12.4. The van der Waals surface area contributed by atoms with E-state index in [2.05, 4.69) is 19.2 Å². The number of ether oxygens (including phenoxy) is 2. The van der Waals surface area contributed by atoms with Crippen LogP contribution in [0.15, 0.2) is 42.5 Å². The number of carbonyl (C=O) groups excluding carboxylic acids is 1. The van der Waals surface area contributed by atoms with Crippen molar-refractivity contribution in [2.24, 2.45) is 5.92 Å². The standard InChI is InChI=1S/C33H47NO5S.Li/c1-5-24(3)38-22-27(19-25-12-7-6-8-13-25)39-21-26-15-16-29(30(20-26)28-14-10-9-11-23(28)2)32(35)34-31(33(36)37)17-18-40-4;/h9-11,14-16,20,24-25,27,31H,5-8,12-13,17-19,21-22H2,1-4H3,(H,34,35)(H,36,37);/q;+1. The first-order valence-corrected chi connectivity index (χ1v) is 16.2. The number of amides is 1. The number of carbonyl (C=O) groups is 2. The molecule has 1 saturated carbocycles. The molecule has 0 aliphatic heterocycles. The predicted octanol–water partition coefficient (Wildman–Crippen LogP) is 4.27. The molecule has 0 bridgehead atoms. The Morgan fingerprint density at radius 1 is 1.07 bits per heavy atom. The van der Waals surface area contributed by atoms with Crippen LogP contribution in [0.3, 0.4) is 0 Å². The number of nitrogens with one attached hydrogen (secondary N) is 1. The fraction of sp³-hybridized carbons (Fsp3) is 0.576. The predicted molar refractivity (Wildman–Crippen MR) is 164 cm³/mol. The normalized spacial score (nSPS) is 15.9. The van der Waals surface area contributed by atoms with Crippen LogP contribution in [0.1, 0.15) is 86.7 Å². The fourth-order valence-electron chi connectivity index (χ4n) is 5.29. The van der Waals surface area contributed by atoms with Gasteiger partial charge in [0.05, 0.1) is 25.4 Å². The minimum atomic E-state index is -1.02. The maximum absolute atomic E-state index is 13.4. The molecule has 1 amide bonds. The first-order valence-electron chi connectivity index (χ1n) is 14.8. The zero-order valence-electron chi connectivity index (χ0n) is 25.6. The molecule has 220 valence electrons. The molecule has 2 N–H and O–H groups in total. The minimum absolute atomic E-state index is 0. The van der Waals surface area contributed by atoms with Crippen molar-refractivity contribution < 1.29 is 43.0 Å². The number of benzene rings is 2. The Bertz CT molecular complexity index is 1090. The average Bonchev–Trinajstić information content (AvgIpc) is 2.96. The fourth-order valence-corrected chi connectivity index (χ4v) is 5.76. The summed E-state index contributed by atoms with van der Waals surface area (Å²) < 4.78 is 12.6. The third-order valence-electron chi connectivity index (χ3n) is 7.93. The SMILES string of the molecule is CCC(C)OCC(CC1CCCCC1)OCc1ccc(C(=O)NC(CCSC)C(=O)O)c(-c2ccccc2C)c1.[Li+]. The molecule has 3 atom stereocenters. The third-order valence-corrected chi connectivity index (χ3v) is 8.57. The molecular formula is C33H47LiNO5S+. The molecule has 3 rings (SSSR count). The first kappa shape index (κ1) is 35.4. The monoisotopic (exact) mass is 576 g/mol. The Kier molecular flexibility index (Phi) is 16.2. The topological polar surface area (TPSA) is 84.9 Å². The van der Waals surface area contributed by atoms with Crippen LogP contribution in [-0.4, -0.2) is 53.8 Å². The van der Waals surface area contributed by atoms with E-state index in [1.165, 1.54) is 32.1 Å². The number of carboxylic acids is 1. The molecule has 0 spiro atoms. The first-order chi connectivity index (χ1) is 19.3. The Morgan fingerprint density at radius 2 is 1.80 bits per heavy atom. The number of aliphatic carboxylic acids is 1. The summed E-state index contributed by atoms with van der Waals surface area (Å²) in [5.74, 6) is -0.0629. The maximum Gasteiger partial charge on any atom is 1.00 e. The van der Waals surface area contributed by atoms with E-state index < -0.39 is 12.0 Å². The van der Waals surface area contributed by atoms with Gasteiger partial charge in [0.15, 0.2) is 0 Å². The van der Waals surface area contributed by atoms with Crippen molar-refractivity contribution in [3.8, 4) is 11.1 Å². The van der Waals surface area contributed by atoms with Gasteiger partial charge in [-0.15, -0.1) is 0 Å². The molecule has 3 unspecified atom stereocenters. The van der Waals surface area contributed by atoms with Gasteiger partial charge in [-0.05, 0) is 85.4 Å². The van der Waals surface area contributed by atoms with Crippen LogP contribution < -0.4 is 24.2 Å². The van der Waals surface area contributed by atoms with E-state index in [4.69, 9.17) is 9.47 Å². The van der Waals surface area contributed by atoms with Crippen LogP contribution in [-0.2, 0) is 20.9 Å². The van der Waals surface area contributed by atoms with E-state index in [1.54, 1.807) is 17.8 Å². The van der Waals surface area contributed by atoms with Gasteiger partial charge < -0.3 is 19.9 Å². The van der Waals surface area contributed by atoms with Gasteiger partial charge in [0.2, 0.25) is 0 Å². The summed E-state index contributed by atoms with van der Waals surface area (Å²) in [7, 11) is 0. The van der Waals surface area contributed by atoms with Crippen LogP contribution in [0.25, 0.3) is 11.1 Å². The number of rotatable bonds is 16. The summed E-state index contributed by atoms with van der Waals surface area (Å²) in [4.78, 5) is 25.2. The molecule has 8 heteroatoms. The van der Waals surface area contributed by atoms with E-state index in [0.29, 0.717) is 36.9 Å². The van der Waals surface area contributed by atoms with Crippen molar-refractivity contribution in [2.75, 3.05) is 18.6 Å². The Hall–Kier alpha value is -1.75. The molecule has 0 heterocycles. The summed E-state index contributed by atoms with van der Waals surface area (Å²) in [6.07, 6.45) is 11.0. The Labute approximate surface area is 262 Å². The molecule has 2 aromatic carbocycles. The zero-order valence-corrected chi connectivity index (χ0v) is 26.4. The second-order valence-corrected chi connectivity index (χ2v) is 12.1. The molecular weight excluding hydrogens is 529 g/mol. The van der Waals surface area contributed by atoms with Crippen molar-refractivity contribution in [1.29, 1.82) is 0 Å². The van der Waals surface area contributed by atoms with Gasteiger partial charge in [0.1, 0.15) is 6.04 Å². The third kappa shape index (κ3) is 11.5. The van der Waals surface area contributed by atoms with Crippen LogP contribution >= 0.6 is 11.8 Å². The van der Waals surface area contributed by atoms with Gasteiger partial charge in [-0.3, -0.25) is 4.79 Å². The van der Waals surface area contributed by atoms with E-state index in [0.717, 1.165) is 35.1 Å². The van der Waals surface area contributed by atoms with Gasteiger partial charge in [-0.2, -0.15) is 11.8 Å². The molecule has 41 heavy (non-hydrogen) atoms. The minimum Gasteiger partial charge on any atom is -0.480 e. The number of hydrogen-bond donors (Lipinski definition) is 2. The second-order valence-electron chi connectivity index (χ2n) is 11.1. The van der Waals surface area contributed by atoms with E-state index in [-0.39, 0.29) is 37.0 Å². The second kappa shape index (κ2) is 18.7. The van der Waals surface area contributed by atoms with Crippen molar-refractivity contribution >= 4 is 23.6 Å². The van der Waals surface area contributed by atoms with Gasteiger partial charge in [-0.1, -0.05) is 69.4 Å². The van der Waals surface area contributed by atoms with Gasteiger partial charge in [0, 0.05) is 5.56 Å². The van der Waals surface area contributed by atoms with Crippen LogP contribution in [0.2, 0.25) is 0 Å². The largest absolute Gasteiger partial charge is 1.00 e. The van der Waals surface area contributed by atoms with Crippen LogP contribution in [0, 0.1) is 12.8 Å². The molecule has 2 aromatic rings. The van der Waals surface area contributed by atoms with Crippen LogP contribution in [0.5, 0.6) is 0 Å². The van der Waals surface area contributed by atoms with Crippen molar-refractivity contribution in [1.82, 2.24) is 5.32 Å². The van der Waals surface area contributed by atoms with E-state index >= 15 is 0 Å². The molecule has 6 nitrogen and oxygen atoms in total. The Balaban J connectivity index is 0.00000588. The quantitative estimate of drug-likeness (QED) is 0.291. The van der Waals surface area contributed by atoms with Gasteiger partial charge in [-0.25, -0.2) is 4.79 Å². The molecule has 0 aromatic heterocycles. The number of hydrogen-bond acceptors (Lipinski definition) is 5. The van der Waals surface area contributed by atoms with Crippen molar-refractivity contribution in [3.63, 3.8) is 0 Å². The summed E-state index contributed by atoms with van der Waals surface area (Å²) >= 11 is 1.56. The maximum atomic E-state index is 13.4. The van der Waals surface area contributed by atoms with E-state index in [9.17, 15) is 14.7 Å². The average molecular weight is 577 g/mol. The molecule has 0 radical (unpaired) electrons. The molecule has 1 aliphatic rings. The number of carboxylic acid groups (broad SMARTS) is 1. The zero-order chi connectivity index (χ0) is 28.9. The van der Waals surface area contributed by atoms with Crippen LogP contribution in [0.4, 0.5) is 0 Å². The molecule has 0 saturated heterocycles. The van der Waals surface area contributed by atoms with E-state index in [1.807, 2.05) is 49.6 Å². The summed E-state index contributed by atoms with van der Waals surface area (Å²) in [6.45, 7) is 7.27. The van der Waals surface area contributed by atoms with Crippen molar-refractivity contribution in [3.05, 3.63) is 59.2 Å². The Morgan fingerprint density at radius 3 is 2.46 bits per heavy atom. The number of thioether (sulfide) groups is 1. The number of aryl methyl sites for hydroxylation is 1. The summed E-state index contributed by atoms with van der Waals surface area (Å²) in [5.41, 5.74) is 4.22. The summed E-state index contributed by atoms with van der Waals surface area (Å²) in [6, 6.07) is 12.8. The smallest absolute Gasteiger partial charge is 0.480 e. The van der Waals surface area contributed by atoms with Gasteiger partial charge in [0.25, 0.3) is 5.91 Å². The molecule has 1 fully saturated rings. The van der Waals surface area contributed by atoms with Crippen molar-refractivity contribution in [2.45, 2.75) is 97.0 Å². The van der Waals surface area contributed by atoms with Gasteiger partial charge >= 0.3 is 24.8 Å². The molecule has 1 aliphatic carbocycles.